The van der Waals surface area contributed by atoms with E-state index in [1.54, 1.807) is 0 Å². The van der Waals surface area contributed by atoms with Crippen LogP contribution in [0.4, 0.5) is 13.2 Å². The lowest BCUT2D eigenvalue weighted by molar-refractivity contribution is -0.322. The number of aromatic carboxylic acids is 1. The molecule has 9 heteroatoms. The predicted octanol–water partition coefficient (Wildman–Crippen LogP) is 2.00. The highest BCUT2D eigenvalue weighted by molar-refractivity contribution is 7.91. The summed E-state index contributed by atoms with van der Waals surface area (Å²) in [6.45, 7) is 0.367. The van der Waals surface area contributed by atoms with Gasteiger partial charge in [-0.1, -0.05) is 6.07 Å². The first-order valence-corrected chi connectivity index (χ1v) is 6.95. The molecule has 1 rings (SSSR count). The Morgan fingerprint density at radius 2 is 1.95 bits per heavy atom. The van der Waals surface area contributed by atoms with Crippen molar-refractivity contribution >= 4 is 15.8 Å². The number of benzene rings is 1. The quantitative estimate of drug-likeness (QED) is 0.899. The molecule has 5 nitrogen and oxygen atoms in total. The molecule has 0 saturated heterocycles. The van der Waals surface area contributed by atoms with Crippen molar-refractivity contribution < 1.29 is 36.2 Å². The van der Waals surface area contributed by atoms with Gasteiger partial charge in [-0.3, -0.25) is 4.74 Å². The van der Waals surface area contributed by atoms with Gasteiger partial charge >= 0.3 is 12.3 Å². The Morgan fingerprint density at radius 1 is 1.35 bits per heavy atom. The lowest BCUT2D eigenvalue weighted by atomic mass is 10.1. The third-order valence-corrected chi connectivity index (χ3v) is 4.20. The Balaban J connectivity index is 2.97. The maximum absolute atomic E-state index is 11.9. The highest BCUT2D eigenvalue weighted by atomic mass is 32.2. The molecule has 0 unspecified atom stereocenters. The van der Waals surface area contributed by atoms with Crippen LogP contribution in [0.3, 0.4) is 0 Å². The summed E-state index contributed by atoms with van der Waals surface area (Å²) in [6, 6.07) is 3.41. The van der Waals surface area contributed by atoms with Crippen LogP contribution in [-0.4, -0.2) is 38.2 Å². The van der Waals surface area contributed by atoms with Gasteiger partial charge in [-0.2, -0.15) is 0 Å². The van der Waals surface area contributed by atoms with E-state index in [2.05, 4.69) is 4.74 Å². The summed E-state index contributed by atoms with van der Waals surface area (Å²) in [4.78, 5) is 10.5. The van der Waals surface area contributed by atoms with Crippen LogP contribution in [0, 0.1) is 6.92 Å². The van der Waals surface area contributed by atoms with Crippen LogP contribution >= 0.6 is 0 Å². The largest absolute Gasteiger partial charge is 0.522 e. The van der Waals surface area contributed by atoms with E-state index in [0.717, 1.165) is 6.07 Å². The number of sulfone groups is 1. The van der Waals surface area contributed by atoms with Gasteiger partial charge in [-0.15, -0.1) is 13.2 Å². The highest BCUT2D eigenvalue weighted by Gasteiger charge is 2.30. The zero-order valence-corrected chi connectivity index (χ0v) is 11.1. The molecule has 0 bridgehead atoms. The lowest BCUT2D eigenvalue weighted by Gasteiger charge is -2.10. The summed E-state index contributed by atoms with van der Waals surface area (Å²) < 4.78 is 62.5. The van der Waals surface area contributed by atoms with Crippen molar-refractivity contribution in [1.82, 2.24) is 0 Å². The summed E-state index contributed by atoms with van der Waals surface area (Å²) in [7, 11) is -4.06. The smallest absolute Gasteiger partial charge is 0.478 e. The Morgan fingerprint density at radius 3 is 2.45 bits per heavy atom. The Bertz CT molecular complexity index is 607. The Labute approximate surface area is 112 Å². The van der Waals surface area contributed by atoms with Gasteiger partial charge in [0, 0.05) is 0 Å². The van der Waals surface area contributed by atoms with E-state index in [1.165, 1.54) is 19.1 Å². The van der Waals surface area contributed by atoms with Gasteiger partial charge < -0.3 is 5.11 Å². The maximum atomic E-state index is 11.9. The van der Waals surface area contributed by atoms with Gasteiger partial charge in [0.25, 0.3) is 0 Å². The molecule has 0 saturated carbocycles. The zero-order valence-electron chi connectivity index (χ0n) is 10.3. The van der Waals surface area contributed by atoms with Gasteiger partial charge in [0.15, 0.2) is 9.84 Å². The van der Waals surface area contributed by atoms with Crippen molar-refractivity contribution in [2.24, 2.45) is 0 Å². The number of carbonyl (C=O) groups is 1. The monoisotopic (exact) mass is 312 g/mol. The summed E-state index contributed by atoms with van der Waals surface area (Å²) in [6.07, 6.45) is -4.91. The molecule has 0 aromatic heterocycles. The van der Waals surface area contributed by atoms with Crippen LogP contribution in [0.5, 0.6) is 0 Å². The summed E-state index contributed by atoms with van der Waals surface area (Å²) in [5, 5.41) is 8.78. The van der Waals surface area contributed by atoms with Gasteiger partial charge in [-0.05, 0) is 24.6 Å². The molecule has 0 aliphatic rings. The van der Waals surface area contributed by atoms with Crippen LogP contribution in [0.25, 0.3) is 0 Å². The molecule has 0 radical (unpaired) electrons. The molecule has 0 fully saturated rings. The topological polar surface area (TPSA) is 80.7 Å². The third-order valence-electron chi connectivity index (χ3n) is 2.39. The third kappa shape index (κ3) is 4.49. The van der Waals surface area contributed by atoms with Crippen LogP contribution in [-0.2, 0) is 14.6 Å². The molecule has 0 atom stereocenters. The molecule has 0 aliphatic heterocycles. The Kier molecular flexibility index (Phi) is 4.77. The fraction of sp³-hybridized carbons (Fsp3) is 0.364. The van der Waals surface area contributed by atoms with Crippen molar-refractivity contribution in [1.29, 1.82) is 0 Å². The normalized spacial score (nSPS) is 12.4. The van der Waals surface area contributed by atoms with E-state index in [1.807, 2.05) is 0 Å². The van der Waals surface area contributed by atoms with Gasteiger partial charge in [-0.25, -0.2) is 13.2 Å². The predicted molar refractivity (Wildman–Crippen MR) is 62.2 cm³/mol. The lowest BCUT2D eigenvalue weighted by Crippen LogP contribution is -2.20. The molecule has 20 heavy (non-hydrogen) atoms. The highest BCUT2D eigenvalue weighted by Crippen LogP contribution is 2.20. The van der Waals surface area contributed by atoms with Gasteiger partial charge in [0.1, 0.15) is 0 Å². The van der Waals surface area contributed by atoms with E-state index >= 15 is 0 Å². The fourth-order valence-electron chi connectivity index (χ4n) is 1.45. The van der Waals surface area contributed by atoms with E-state index in [4.69, 9.17) is 5.11 Å². The number of hydrogen-bond donors (Lipinski definition) is 1. The first kappa shape index (κ1) is 16.4. The molecule has 1 aromatic rings. The molecule has 0 spiro atoms. The van der Waals surface area contributed by atoms with Crippen molar-refractivity contribution in [3.63, 3.8) is 0 Å². The first-order valence-electron chi connectivity index (χ1n) is 5.30. The van der Waals surface area contributed by atoms with Crippen molar-refractivity contribution in [3.05, 3.63) is 29.3 Å². The molecular weight excluding hydrogens is 301 g/mol. The first-order chi connectivity index (χ1) is 9.03. The molecule has 112 valence electrons. The maximum Gasteiger partial charge on any atom is 0.522 e. The molecule has 1 aromatic carbocycles. The number of halogens is 3. The van der Waals surface area contributed by atoms with Crippen LogP contribution in [0.1, 0.15) is 15.9 Å². The minimum atomic E-state index is -4.91. The van der Waals surface area contributed by atoms with Crippen LogP contribution in [0.2, 0.25) is 0 Å². The fourth-order valence-corrected chi connectivity index (χ4v) is 2.83. The van der Waals surface area contributed by atoms with E-state index in [0.29, 0.717) is 0 Å². The van der Waals surface area contributed by atoms with Gasteiger partial charge in [0.05, 0.1) is 22.8 Å². The zero-order chi connectivity index (χ0) is 15.6. The molecule has 1 N–H and O–H groups in total. The molecular formula is C11H11F3O5S. The summed E-state index contributed by atoms with van der Waals surface area (Å²) in [5.41, 5.74) is -0.00655. The Hall–Kier alpha value is -1.61. The average Bonchev–Trinajstić information content (AvgIpc) is 2.26. The second kappa shape index (κ2) is 5.80. The number of rotatable bonds is 5. The van der Waals surface area contributed by atoms with Crippen LogP contribution < -0.4 is 0 Å². The summed E-state index contributed by atoms with van der Waals surface area (Å²) >= 11 is 0. The van der Waals surface area contributed by atoms with E-state index in [-0.39, 0.29) is 16.0 Å². The summed E-state index contributed by atoms with van der Waals surface area (Å²) in [5.74, 6) is -2.22. The number of carboxylic acid groups (broad SMARTS) is 1. The number of ether oxygens (including phenoxy) is 1. The second-order valence-electron chi connectivity index (χ2n) is 3.90. The number of carboxylic acids is 1. The van der Waals surface area contributed by atoms with Gasteiger partial charge in [0.2, 0.25) is 0 Å². The second-order valence-corrected chi connectivity index (χ2v) is 5.98. The minimum absolute atomic E-state index is 0.252. The van der Waals surface area contributed by atoms with E-state index < -0.39 is 34.5 Å². The number of hydrogen-bond acceptors (Lipinski definition) is 4. The molecule has 0 heterocycles. The van der Waals surface area contributed by atoms with Crippen LogP contribution in [0.15, 0.2) is 23.1 Å². The standard InChI is InChI=1S/C11H11F3O5S/c1-7-2-3-8(10(15)16)6-9(7)20(17,18)5-4-19-11(12,13)14/h2-3,6H,4-5H2,1H3,(H,15,16). The molecule has 0 aliphatic carbocycles. The SMILES string of the molecule is Cc1ccc(C(=O)O)cc1S(=O)(=O)CCOC(F)(F)F. The average molecular weight is 312 g/mol. The van der Waals surface area contributed by atoms with Crippen molar-refractivity contribution in [3.8, 4) is 0 Å². The molecule has 0 amide bonds. The van der Waals surface area contributed by atoms with Crippen molar-refractivity contribution in [2.45, 2.75) is 18.2 Å². The minimum Gasteiger partial charge on any atom is -0.478 e. The number of aryl methyl sites for hydroxylation is 1. The van der Waals surface area contributed by atoms with Crippen molar-refractivity contribution in [2.75, 3.05) is 12.4 Å². The van der Waals surface area contributed by atoms with E-state index in [9.17, 15) is 26.4 Å². The number of alkyl halides is 3.